The van der Waals surface area contributed by atoms with Crippen molar-refractivity contribution in [3.63, 3.8) is 0 Å². The van der Waals surface area contributed by atoms with E-state index < -0.39 is 0 Å². The maximum Gasteiger partial charge on any atom is 0.0609 e. The summed E-state index contributed by atoms with van der Waals surface area (Å²) >= 11 is 0. The van der Waals surface area contributed by atoms with Crippen LogP contribution < -0.4 is 5.32 Å². The predicted molar refractivity (Wildman–Crippen MR) is 82.8 cm³/mol. The van der Waals surface area contributed by atoms with Crippen molar-refractivity contribution in [1.29, 1.82) is 0 Å². The minimum absolute atomic E-state index is 0.754. The highest BCUT2D eigenvalue weighted by Gasteiger charge is 2.39. The van der Waals surface area contributed by atoms with Crippen molar-refractivity contribution in [2.75, 3.05) is 5.32 Å². The average molecular weight is 264 g/mol. The molecule has 0 amide bonds. The van der Waals surface area contributed by atoms with Gasteiger partial charge in [0.2, 0.25) is 0 Å². The molecule has 2 aromatic rings. The molecule has 2 nitrogen and oxygen atoms in total. The molecule has 1 heterocycles. The van der Waals surface area contributed by atoms with Gasteiger partial charge in [-0.1, -0.05) is 12.1 Å². The molecule has 20 heavy (non-hydrogen) atoms. The molecule has 2 aliphatic rings. The molecule has 2 unspecified atom stereocenters. The number of nitrogens with zero attached hydrogens (tertiary/aromatic N) is 1. The van der Waals surface area contributed by atoms with Crippen LogP contribution in [0.15, 0.2) is 30.5 Å². The third kappa shape index (κ3) is 1.75. The summed E-state index contributed by atoms with van der Waals surface area (Å²) < 4.78 is 0. The third-order valence-corrected chi connectivity index (χ3v) is 4.90. The second-order valence-corrected chi connectivity index (χ2v) is 6.29. The Hall–Kier alpha value is -1.83. The van der Waals surface area contributed by atoms with Crippen LogP contribution in [0, 0.1) is 13.8 Å². The van der Waals surface area contributed by atoms with E-state index in [9.17, 15) is 0 Å². The van der Waals surface area contributed by atoms with Crippen LogP contribution in [-0.4, -0.2) is 4.98 Å². The van der Waals surface area contributed by atoms with E-state index in [-0.39, 0.29) is 0 Å². The van der Waals surface area contributed by atoms with Gasteiger partial charge in [-0.2, -0.15) is 0 Å². The molecule has 1 aromatic heterocycles. The molecule has 1 aromatic carbocycles. The standard InChI is InChI=1S/C18H20N2/c1-11-4-3-5-15(8-11)20-16-10-19-12(2)17-13-6-7-14(9-13)18(16)17/h3-5,8,10,13-14,20H,6-7,9H2,1-2H3. The van der Waals surface area contributed by atoms with Crippen LogP contribution in [-0.2, 0) is 0 Å². The highest BCUT2D eigenvalue weighted by atomic mass is 14.9. The van der Waals surface area contributed by atoms with E-state index in [4.69, 9.17) is 0 Å². The quantitative estimate of drug-likeness (QED) is 0.842. The Morgan fingerprint density at radius 1 is 1.10 bits per heavy atom. The highest BCUT2D eigenvalue weighted by Crippen LogP contribution is 2.56. The minimum Gasteiger partial charge on any atom is -0.354 e. The predicted octanol–water partition coefficient (Wildman–Crippen LogP) is 4.81. The SMILES string of the molecule is Cc1cccc(Nc2cnc(C)c3c2C2CCC3C2)c1. The van der Waals surface area contributed by atoms with E-state index >= 15 is 0 Å². The molecule has 4 rings (SSSR count). The summed E-state index contributed by atoms with van der Waals surface area (Å²) in [5, 5.41) is 3.59. The van der Waals surface area contributed by atoms with Gasteiger partial charge in [-0.25, -0.2) is 0 Å². The number of aryl methyl sites for hydroxylation is 2. The second kappa shape index (κ2) is 4.34. The molecule has 0 aliphatic heterocycles. The number of anilines is 2. The van der Waals surface area contributed by atoms with E-state index in [1.54, 1.807) is 11.1 Å². The van der Waals surface area contributed by atoms with Crippen LogP contribution in [0.25, 0.3) is 0 Å². The summed E-state index contributed by atoms with van der Waals surface area (Å²) in [5.41, 5.74) is 8.01. The fraction of sp³-hybridized carbons (Fsp3) is 0.389. The first-order chi connectivity index (χ1) is 9.72. The Labute approximate surface area is 120 Å². The molecular formula is C18H20N2. The molecule has 2 aliphatic carbocycles. The van der Waals surface area contributed by atoms with Crippen molar-refractivity contribution in [2.24, 2.45) is 0 Å². The lowest BCUT2D eigenvalue weighted by molar-refractivity contribution is 0.709. The largest absolute Gasteiger partial charge is 0.354 e. The lowest BCUT2D eigenvalue weighted by Gasteiger charge is -2.21. The van der Waals surface area contributed by atoms with Crippen LogP contribution in [0.5, 0.6) is 0 Å². The minimum atomic E-state index is 0.754. The number of rotatable bonds is 2. The Kier molecular flexibility index (Phi) is 2.59. The Morgan fingerprint density at radius 2 is 1.90 bits per heavy atom. The molecule has 2 atom stereocenters. The van der Waals surface area contributed by atoms with Gasteiger partial charge in [0.1, 0.15) is 0 Å². The number of hydrogen-bond acceptors (Lipinski definition) is 2. The molecule has 0 spiro atoms. The van der Waals surface area contributed by atoms with Crippen LogP contribution in [0.2, 0.25) is 0 Å². The number of aromatic nitrogens is 1. The molecule has 0 saturated heterocycles. The molecule has 102 valence electrons. The molecule has 1 N–H and O–H groups in total. The Bertz CT molecular complexity index is 675. The smallest absolute Gasteiger partial charge is 0.0609 e. The maximum atomic E-state index is 4.63. The number of benzene rings is 1. The number of fused-ring (bicyclic) bond motifs is 5. The zero-order chi connectivity index (χ0) is 13.7. The van der Waals surface area contributed by atoms with Crippen LogP contribution in [0.4, 0.5) is 11.4 Å². The van der Waals surface area contributed by atoms with Gasteiger partial charge < -0.3 is 5.32 Å². The van der Waals surface area contributed by atoms with Crippen molar-refractivity contribution >= 4 is 11.4 Å². The first kappa shape index (κ1) is 12.0. The van der Waals surface area contributed by atoms with Gasteiger partial charge in [-0.05, 0) is 73.8 Å². The van der Waals surface area contributed by atoms with Gasteiger partial charge in [0.25, 0.3) is 0 Å². The Morgan fingerprint density at radius 3 is 2.70 bits per heavy atom. The lowest BCUT2D eigenvalue weighted by atomic mass is 9.90. The molecule has 2 heteroatoms. The zero-order valence-corrected chi connectivity index (χ0v) is 12.1. The van der Waals surface area contributed by atoms with Gasteiger partial charge in [-0.15, -0.1) is 0 Å². The van der Waals surface area contributed by atoms with E-state index in [1.165, 1.54) is 41.9 Å². The van der Waals surface area contributed by atoms with E-state index in [2.05, 4.69) is 48.4 Å². The van der Waals surface area contributed by atoms with Crippen molar-refractivity contribution in [3.8, 4) is 0 Å². The summed E-state index contributed by atoms with van der Waals surface area (Å²) in [6, 6.07) is 8.56. The van der Waals surface area contributed by atoms with Crippen molar-refractivity contribution in [3.05, 3.63) is 52.8 Å². The van der Waals surface area contributed by atoms with Crippen LogP contribution >= 0.6 is 0 Å². The fourth-order valence-corrected chi connectivity index (χ4v) is 4.08. The van der Waals surface area contributed by atoms with Gasteiger partial charge >= 0.3 is 0 Å². The summed E-state index contributed by atoms with van der Waals surface area (Å²) in [7, 11) is 0. The number of hydrogen-bond donors (Lipinski definition) is 1. The van der Waals surface area contributed by atoms with Crippen LogP contribution in [0.1, 0.15) is 53.5 Å². The van der Waals surface area contributed by atoms with Gasteiger partial charge in [-0.3, -0.25) is 4.98 Å². The Balaban J connectivity index is 1.77. The van der Waals surface area contributed by atoms with Crippen molar-refractivity contribution < 1.29 is 0 Å². The summed E-state index contributed by atoms with van der Waals surface area (Å²) in [6.45, 7) is 4.29. The first-order valence-electron chi connectivity index (χ1n) is 7.55. The lowest BCUT2D eigenvalue weighted by Crippen LogP contribution is -2.06. The summed E-state index contributed by atoms with van der Waals surface area (Å²) in [4.78, 5) is 4.63. The topological polar surface area (TPSA) is 24.9 Å². The first-order valence-corrected chi connectivity index (χ1v) is 7.55. The van der Waals surface area contributed by atoms with Crippen molar-refractivity contribution in [1.82, 2.24) is 4.98 Å². The number of nitrogens with one attached hydrogen (secondary N) is 1. The normalized spacial score (nSPS) is 22.9. The average Bonchev–Trinajstić information content (AvgIpc) is 3.03. The second-order valence-electron chi connectivity index (χ2n) is 6.29. The van der Waals surface area contributed by atoms with Crippen molar-refractivity contribution in [2.45, 2.75) is 44.9 Å². The van der Waals surface area contributed by atoms with Gasteiger partial charge in [0.05, 0.1) is 11.9 Å². The van der Waals surface area contributed by atoms with E-state index in [0.717, 1.165) is 11.8 Å². The monoisotopic (exact) mass is 264 g/mol. The van der Waals surface area contributed by atoms with Gasteiger partial charge in [0.15, 0.2) is 0 Å². The van der Waals surface area contributed by atoms with Gasteiger partial charge in [0, 0.05) is 11.4 Å². The van der Waals surface area contributed by atoms with E-state index in [0.29, 0.717) is 0 Å². The third-order valence-electron chi connectivity index (χ3n) is 4.90. The molecule has 1 fully saturated rings. The maximum absolute atomic E-state index is 4.63. The summed E-state index contributed by atoms with van der Waals surface area (Å²) in [6.07, 6.45) is 6.07. The molecule has 0 radical (unpaired) electrons. The molecule has 1 saturated carbocycles. The fourth-order valence-electron chi connectivity index (χ4n) is 4.08. The summed E-state index contributed by atoms with van der Waals surface area (Å²) in [5.74, 6) is 1.52. The zero-order valence-electron chi connectivity index (χ0n) is 12.1. The van der Waals surface area contributed by atoms with Crippen LogP contribution in [0.3, 0.4) is 0 Å². The van der Waals surface area contributed by atoms with E-state index in [1.807, 2.05) is 6.20 Å². The highest BCUT2D eigenvalue weighted by molar-refractivity contribution is 5.68. The number of pyridine rings is 1. The molecular weight excluding hydrogens is 244 g/mol. The molecule has 2 bridgehead atoms.